The van der Waals surface area contributed by atoms with E-state index in [2.05, 4.69) is 0 Å². The molecule has 0 amide bonds. The van der Waals surface area contributed by atoms with Crippen LogP contribution >= 0.6 is 37.4 Å². The molecule has 0 saturated heterocycles. The first-order valence-corrected chi connectivity index (χ1v) is 18.6. The van der Waals surface area contributed by atoms with Gasteiger partial charge in [0.2, 0.25) is 0 Å². The molecule has 0 aliphatic carbocycles. The van der Waals surface area contributed by atoms with Gasteiger partial charge in [-0.25, -0.2) is 0 Å². The van der Waals surface area contributed by atoms with Crippen LogP contribution in [0.3, 0.4) is 0 Å². The summed E-state index contributed by atoms with van der Waals surface area (Å²) in [5.74, 6) is 0. The van der Waals surface area contributed by atoms with Gasteiger partial charge in [0, 0.05) is 0 Å². The summed E-state index contributed by atoms with van der Waals surface area (Å²) in [5, 5.41) is 0. The van der Waals surface area contributed by atoms with Crippen molar-refractivity contribution in [2.75, 3.05) is 0 Å². The predicted octanol–water partition coefficient (Wildman–Crippen LogP) is 3.03. The SMILES string of the molecule is C[Te](I)(I)C(F)(F)F. The van der Waals surface area contributed by atoms with Crippen molar-refractivity contribution >= 4 is 47.7 Å². The van der Waals surface area contributed by atoms with Crippen LogP contribution in [0.15, 0.2) is 0 Å². The first-order valence-electron chi connectivity index (χ1n) is 1.49. The van der Waals surface area contributed by atoms with Gasteiger partial charge in [-0.2, -0.15) is 0 Å². The van der Waals surface area contributed by atoms with Crippen molar-refractivity contribution in [2.24, 2.45) is 0 Å². The third-order valence-electron chi connectivity index (χ3n) is 0.406. The Labute approximate surface area is 68.9 Å². The van der Waals surface area contributed by atoms with Crippen molar-refractivity contribution in [2.45, 2.75) is 9.20 Å². The summed E-state index contributed by atoms with van der Waals surface area (Å²) in [6, 6.07) is 0. The zero-order valence-corrected chi connectivity index (χ0v) is 10.4. The van der Waals surface area contributed by atoms with Gasteiger partial charge in [0.05, 0.1) is 0 Å². The third kappa shape index (κ3) is 3.27. The summed E-state index contributed by atoms with van der Waals surface area (Å²) in [4.78, 5) is 1.31. The number of rotatable bonds is 0. The van der Waals surface area contributed by atoms with E-state index >= 15 is 0 Å². The van der Waals surface area contributed by atoms with Crippen LogP contribution < -0.4 is 0 Å². The first kappa shape index (κ1) is 10.0. The molecule has 0 aromatic heterocycles. The van der Waals surface area contributed by atoms with E-state index in [4.69, 9.17) is 0 Å². The number of halogens is 5. The molecule has 0 aliphatic heterocycles. The van der Waals surface area contributed by atoms with Gasteiger partial charge in [-0.1, -0.05) is 0 Å². The Bertz CT molecular complexity index is 70.3. The minimum atomic E-state index is -3.90. The molecule has 0 aliphatic rings. The van der Waals surface area contributed by atoms with Gasteiger partial charge in [-0.15, -0.1) is 0 Å². The summed E-state index contributed by atoms with van der Waals surface area (Å²) in [6.07, 6.45) is 0. The zero-order chi connectivity index (χ0) is 7.00. The van der Waals surface area contributed by atoms with Crippen LogP contribution in [0.4, 0.5) is 13.2 Å². The molecule has 0 fully saturated rings. The fraction of sp³-hybridized carbons (Fsp3) is 1.00. The molecule has 0 bridgehead atoms. The van der Waals surface area contributed by atoms with Crippen LogP contribution in [0.25, 0.3) is 0 Å². The van der Waals surface area contributed by atoms with Crippen molar-refractivity contribution < 1.29 is 13.2 Å². The van der Waals surface area contributed by atoms with E-state index in [1.807, 2.05) is 0 Å². The monoisotopic (exact) mass is 468 g/mol. The zero-order valence-electron chi connectivity index (χ0n) is 3.80. The van der Waals surface area contributed by atoms with E-state index in [0.717, 1.165) is 0 Å². The van der Waals surface area contributed by atoms with Crippen molar-refractivity contribution in [3.8, 4) is 0 Å². The molecule has 0 radical (unpaired) electrons. The maximum atomic E-state index is 11.6. The molecule has 0 spiro atoms. The molecular weight excluding hydrogens is 462 g/mol. The Kier molecular flexibility index (Phi) is 3.72. The van der Waals surface area contributed by atoms with E-state index in [0.29, 0.717) is 0 Å². The van der Waals surface area contributed by atoms with Crippen molar-refractivity contribution in [3.63, 3.8) is 0 Å². The average molecular weight is 465 g/mol. The second-order valence-corrected chi connectivity index (χ2v) is 41.6. The fourth-order valence-corrected chi connectivity index (χ4v) is 0. The molecule has 52 valence electrons. The molecule has 0 aromatic carbocycles. The normalized spacial score (nSPS) is 16.2. The summed E-state index contributed by atoms with van der Waals surface area (Å²) in [6.45, 7) is 0. The molecule has 0 unspecified atom stereocenters. The Morgan fingerprint density at radius 1 is 1.25 bits per heavy atom. The van der Waals surface area contributed by atoms with Crippen molar-refractivity contribution in [1.82, 2.24) is 0 Å². The van der Waals surface area contributed by atoms with E-state index in [1.165, 1.54) is 42.4 Å². The molecule has 0 N–H and O–H groups in total. The van der Waals surface area contributed by atoms with Crippen LogP contribution in [0, 0.1) is 0 Å². The van der Waals surface area contributed by atoms with Crippen LogP contribution in [-0.4, -0.2) is 14.5 Å². The van der Waals surface area contributed by atoms with Gasteiger partial charge in [-0.3, -0.25) is 0 Å². The van der Waals surface area contributed by atoms with Crippen molar-refractivity contribution in [3.05, 3.63) is 0 Å². The van der Waals surface area contributed by atoms with Crippen LogP contribution in [0.5, 0.6) is 0 Å². The summed E-state index contributed by atoms with van der Waals surface area (Å²) < 4.78 is 31.0. The molecule has 0 heterocycles. The summed E-state index contributed by atoms with van der Waals surface area (Å²) in [5.41, 5.74) is 0. The van der Waals surface area contributed by atoms with Gasteiger partial charge in [-0.05, 0) is 0 Å². The van der Waals surface area contributed by atoms with E-state index in [1.54, 1.807) is 0 Å². The van der Waals surface area contributed by atoms with Gasteiger partial charge < -0.3 is 0 Å². The first-order chi connectivity index (χ1) is 3.25. The van der Waals surface area contributed by atoms with Crippen LogP contribution in [-0.2, 0) is 0 Å². The Morgan fingerprint density at radius 2 is 1.38 bits per heavy atom. The Balaban J connectivity index is 4.02. The fourth-order valence-electron chi connectivity index (χ4n) is 0. The van der Waals surface area contributed by atoms with Crippen molar-refractivity contribution in [1.29, 1.82) is 0 Å². The van der Waals surface area contributed by atoms with E-state index < -0.39 is 14.5 Å². The quantitative estimate of drug-likeness (QED) is 0.381. The summed E-state index contributed by atoms with van der Waals surface area (Å²) in [7, 11) is -3.40. The standard InChI is InChI=1S/C2H3F3I2Te/c1-8(6,7)2(3,4)5/h1H3. The van der Waals surface area contributed by atoms with Gasteiger partial charge in [0.15, 0.2) is 0 Å². The molecule has 0 rings (SSSR count). The Morgan fingerprint density at radius 3 is 1.38 bits per heavy atom. The van der Waals surface area contributed by atoms with E-state index in [9.17, 15) is 13.2 Å². The number of alkyl halides is 3. The van der Waals surface area contributed by atoms with Gasteiger partial charge in [0.1, 0.15) is 0 Å². The molecule has 0 saturated carbocycles. The molecule has 0 atom stereocenters. The topological polar surface area (TPSA) is 0 Å². The molecule has 0 nitrogen and oxygen atoms in total. The second-order valence-electron chi connectivity index (χ2n) is 1.17. The van der Waals surface area contributed by atoms with Gasteiger partial charge >= 0.3 is 70.0 Å². The summed E-state index contributed by atoms with van der Waals surface area (Å²) >= 11 is 3.07. The number of hydrogen-bond donors (Lipinski definition) is 0. The number of hydrogen-bond acceptors (Lipinski definition) is 0. The Hall–Kier alpha value is 2.04. The third-order valence-corrected chi connectivity index (χ3v) is 9.43. The second kappa shape index (κ2) is 2.96. The molecule has 0 aromatic rings. The minimum absolute atomic E-state index is 1.31. The van der Waals surface area contributed by atoms with Crippen LogP contribution in [0.1, 0.15) is 0 Å². The van der Waals surface area contributed by atoms with Gasteiger partial charge in [0.25, 0.3) is 0 Å². The molecular formula is C2H3F3I2Te. The molecule has 8 heavy (non-hydrogen) atoms. The predicted molar refractivity (Wildman–Crippen MR) is 45.7 cm³/mol. The van der Waals surface area contributed by atoms with Crippen LogP contribution in [0.2, 0.25) is 4.97 Å². The maximum absolute atomic E-state index is 11.6. The average Bonchev–Trinajstić information content (AvgIpc) is 1.25. The van der Waals surface area contributed by atoms with E-state index in [-0.39, 0.29) is 0 Å². The molecule has 6 heteroatoms.